The van der Waals surface area contributed by atoms with Crippen LogP contribution in [0.5, 0.6) is 0 Å². The zero-order valence-electron chi connectivity index (χ0n) is 11.6. The molecule has 0 bridgehead atoms. The molecule has 1 aliphatic rings. The first kappa shape index (κ1) is 12.6. The average molecular weight is 259 g/mol. The summed E-state index contributed by atoms with van der Waals surface area (Å²) in [6.07, 6.45) is 4.46. The van der Waals surface area contributed by atoms with Gasteiger partial charge >= 0.3 is 0 Å². The Balaban J connectivity index is 2.04. The van der Waals surface area contributed by atoms with Crippen LogP contribution in [0, 0.1) is 0 Å². The third-order valence-corrected chi connectivity index (χ3v) is 3.98. The summed E-state index contributed by atoms with van der Waals surface area (Å²) < 4.78 is 2.10. The van der Waals surface area contributed by atoms with Gasteiger partial charge in [0.25, 0.3) is 0 Å². The number of nitrogens with two attached hydrogens (primary N) is 1. The number of hydrogen-bond donors (Lipinski definition) is 1. The molecule has 1 aliphatic heterocycles. The highest BCUT2D eigenvalue weighted by atomic mass is 15.3. The summed E-state index contributed by atoms with van der Waals surface area (Å²) in [4.78, 5) is 2.51. The van der Waals surface area contributed by atoms with Crippen molar-refractivity contribution in [1.29, 1.82) is 0 Å². The number of likely N-dealkylation sites (tertiary alicyclic amines) is 1. The van der Waals surface area contributed by atoms with E-state index in [0.29, 0.717) is 18.6 Å². The van der Waals surface area contributed by atoms with E-state index >= 15 is 0 Å². The van der Waals surface area contributed by atoms with Crippen LogP contribution in [0.2, 0.25) is 0 Å². The van der Waals surface area contributed by atoms with E-state index in [0.717, 1.165) is 30.0 Å². The van der Waals surface area contributed by atoms with Gasteiger partial charge in [-0.05, 0) is 44.9 Å². The van der Waals surface area contributed by atoms with Gasteiger partial charge in [0, 0.05) is 18.8 Å². The van der Waals surface area contributed by atoms with E-state index in [9.17, 15) is 0 Å². The van der Waals surface area contributed by atoms with Gasteiger partial charge < -0.3 is 5.73 Å². The fourth-order valence-corrected chi connectivity index (χ4v) is 2.98. The van der Waals surface area contributed by atoms with Crippen LogP contribution >= 0.6 is 0 Å². The van der Waals surface area contributed by atoms with E-state index in [2.05, 4.69) is 39.5 Å². The second-order valence-corrected chi connectivity index (χ2v) is 5.52. The molecule has 0 saturated carbocycles. The molecule has 0 amide bonds. The predicted molar refractivity (Wildman–Crippen MR) is 74.7 cm³/mol. The second kappa shape index (κ2) is 4.90. The Morgan fingerprint density at radius 2 is 2.21 bits per heavy atom. The molecule has 5 heteroatoms. The van der Waals surface area contributed by atoms with Gasteiger partial charge in [-0.3, -0.25) is 9.30 Å². The van der Waals surface area contributed by atoms with E-state index in [1.807, 2.05) is 12.1 Å². The Morgan fingerprint density at radius 1 is 1.37 bits per heavy atom. The molecule has 0 spiro atoms. The van der Waals surface area contributed by atoms with Gasteiger partial charge in [-0.2, -0.15) is 0 Å². The Bertz CT molecular complexity index is 574. The van der Waals surface area contributed by atoms with Gasteiger partial charge in [0.2, 0.25) is 0 Å². The zero-order chi connectivity index (χ0) is 13.4. The lowest BCUT2D eigenvalue weighted by Gasteiger charge is -2.27. The monoisotopic (exact) mass is 259 g/mol. The van der Waals surface area contributed by atoms with Gasteiger partial charge in [-0.1, -0.05) is 6.07 Å². The normalized spacial score (nSPS) is 20.7. The number of fused-ring (bicyclic) bond motifs is 1. The first-order valence-corrected chi connectivity index (χ1v) is 7.00. The topological polar surface area (TPSA) is 59.5 Å². The maximum atomic E-state index is 5.72. The molecule has 0 radical (unpaired) electrons. The molecule has 3 rings (SSSR count). The van der Waals surface area contributed by atoms with Crippen molar-refractivity contribution in [2.45, 2.75) is 45.3 Å². The maximum absolute atomic E-state index is 5.72. The van der Waals surface area contributed by atoms with Crippen LogP contribution < -0.4 is 5.73 Å². The molecule has 1 atom stereocenters. The zero-order valence-corrected chi connectivity index (χ0v) is 11.6. The van der Waals surface area contributed by atoms with Gasteiger partial charge in [-0.25, -0.2) is 0 Å². The van der Waals surface area contributed by atoms with Crippen molar-refractivity contribution in [3.63, 3.8) is 0 Å². The van der Waals surface area contributed by atoms with E-state index in [1.54, 1.807) is 0 Å². The van der Waals surface area contributed by atoms with Gasteiger partial charge in [-0.15, -0.1) is 10.2 Å². The van der Waals surface area contributed by atoms with Crippen molar-refractivity contribution in [3.8, 4) is 0 Å². The van der Waals surface area contributed by atoms with E-state index < -0.39 is 0 Å². The Kier molecular flexibility index (Phi) is 3.24. The lowest BCUT2D eigenvalue weighted by atomic mass is 10.2. The van der Waals surface area contributed by atoms with Crippen LogP contribution in [0.15, 0.2) is 18.3 Å². The van der Waals surface area contributed by atoms with Crippen LogP contribution in [0.25, 0.3) is 5.65 Å². The molecule has 2 N–H and O–H groups in total. The summed E-state index contributed by atoms with van der Waals surface area (Å²) in [7, 11) is 0. The molecular weight excluding hydrogens is 238 g/mol. The van der Waals surface area contributed by atoms with Crippen LogP contribution in [0.3, 0.4) is 0 Å². The fraction of sp³-hybridized carbons (Fsp3) is 0.571. The molecule has 1 saturated heterocycles. The summed E-state index contributed by atoms with van der Waals surface area (Å²) in [5.74, 6) is 1.05. The Hall–Kier alpha value is -1.46. The van der Waals surface area contributed by atoms with Crippen LogP contribution in [-0.4, -0.2) is 32.1 Å². The minimum atomic E-state index is 0.378. The van der Waals surface area contributed by atoms with Crippen molar-refractivity contribution in [3.05, 3.63) is 29.7 Å². The Morgan fingerprint density at radius 3 is 2.95 bits per heavy atom. The predicted octanol–water partition coefficient (Wildman–Crippen LogP) is 1.73. The first-order chi connectivity index (χ1) is 9.20. The van der Waals surface area contributed by atoms with Crippen LogP contribution in [0.4, 0.5) is 0 Å². The molecule has 0 aromatic carbocycles. The van der Waals surface area contributed by atoms with Gasteiger partial charge in [0.05, 0.1) is 6.04 Å². The molecule has 2 aromatic heterocycles. The highest BCUT2D eigenvalue weighted by molar-refractivity contribution is 5.40. The van der Waals surface area contributed by atoms with Crippen LogP contribution in [-0.2, 0) is 6.54 Å². The minimum absolute atomic E-state index is 0.378. The molecule has 102 valence electrons. The third-order valence-electron chi connectivity index (χ3n) is 3.98. The molecule has 5 nitrogen and oxygen atoms in total. The third kappa shape index (κ3) is 2.13. The summed E-state index contributed by atoms with van der Waals surface area (Å²) in [6, 6.07) is 4.93. The van der Waals surface area contributed by atoms with E-state index in [-0.39, 0.29) is 0 Å². The Labute approximate surface area is 113 Å². The van der Waals surface area contributed by atoms with Crippen molar-refractivity contribution in [2.24, 2.45) is 5.73 Å². The largest absolute Gasteiger partial charge is 0.326 e. The number of hydrogen-bond acceptors (Lipinski definition) is 4. The number of pyridine rings is 1. The number of aromatic nitrogens is 3. The molecule has 1 unspecified atom stereocenters. The molecule has 0 aliphatic carbocycles. The average Bonchev–Trinajstić information content (AvgIpc) is 3.03. The summed E-state index contributed by atoms with van der Waals surface area (Å²) in [5, 5.41) is 8.69. The highest BCUT2D eigenvalue weighted by Gasteiger charge is 2.31. The summed E-state index contributed by atoms with van der Waals surface area (Å²) >= 11 is 0. The van der Waals surface area contributed by atoms with E-state index in [4.69, 9.17) is 5.73 Å². The first-order valence-electron chi connectivity index (χ1n) is 7.00. The SMILES string of the molecule is CC(C)N1CCCC1c1nnc2ccc(CN)cn12. The molecule has 19 heavy (non-hydrogen) atoms. The van der Waals surface area contributed by atoms with Gasteiger partial charge in [0.15, 0.2) is 11.5 Å². The number of rotatable bonds is 3. The summed E-state index contributed by atoms with van der Waals surface area (Å²) in [5.41, 5.74) is 7.74. The smallest absolute Gasteiger partial charge is 0.160 e. The molecule has 1 fully saturated rings. The number of nitrogens with zero attached hydrogens (tertiary/aromatic N) is 4. The minimum Gasteiger partial charge on any atom is -0.326 e. The van der Waals surface area contributed by atoms with Crippen molar-refractivity contribution in [2.75, 3.05) is 6.54 Å². The lowest BCUT2D eigenvalue weighted by molar-refractivity contribution is 0.197. The standard InChI is InChI=1S/C14H21N5/c1-10(2)18-7-3-4-12(18)14-17-16-13-6-5-11(8-15)9-19(13)14/h5-6,9-10,12H,3-4,7-8,15H2,1-2H3. The highest BCUT2D eigenvalue weighted by Crippen LogP contribution is 2.32. The molecular formula is C14H21N5. The van der Waals surface area contributed by atoms with Crippen molar-refractivity contribution >= 4 is 5.65 Å². The maximum Gasteiger partial charge on any atom is 0.160 e. The summed E-state index contributed by atoms with van der Waals surface area (Å²) in [6.45, 7) is 6.18. The lowest BCUT2D eigenvalue weighted by Crippen LogP contribution is -2.31. The van der Waals surface area contributed by atoms with Crippen LogP contribution in [0.1, 0.15) is 44.1 Å². The molecule has 2 aromatic rings. The second-order valence-electron chi connectivity index (χ2n) is 5.52. The van der Waals surface area contributed by atoms with Crippen molar-refractivity contribution in [1.82, 2.24) is 19.5 Å². The molecule has 3 heterocycles. The van der Waals surface area contributed by atoms with Crippen molar-refractivity contribution < 1.29 is 0 Å². The quantitative estimate of drug-likeness (QED) is 0.912. The van der Waals surface area contributed by atoms with Gasteiger partial charge in [0.1, 0.15) is 0 Å². The van der Waals surface area contributed by atoms with E-state index in [1.165, 1.54) is 6.42 Å². The fourth-order valence-electron chi connectivity index (χ4n) is 2.98.